The second kappa shape index (κ2) is 4.13. The maximum atomic E-state index is 10.6. The second-order valence-corrected chi connectivity index (χ2v) is 3.28. The number of carbonyl (C=O) groups is 1. The van der Waals surface area contributed by atoms with Crippen LogP contribution in [0.2, 0.25) is 0 Å². The van der Waals surface area contributed by atoms with Crippen LogP contribution in [0.4, 0.5) is 0 Å². The molecule has 0 spiro atoms. The number of rotatable bonds is 4. The molecule has 64 valence electrons. The molecule has 0 saturated carbocycles. The molecular weight excluding hydrogens is 142 g/mol. The molecule has 3 nitrogen and oxygen atoms in total. The Morgan fingerprint density at radius 1 is 1.73 bits per heavy atom. The second-order valence-electron chi connectivity index (χ2n) is 3.28. The van der Waals surface area contributed by atoms with Crippen LogP contribution in [-0.2, 0) is 9.53 Å². The van der Waals surface area contributed by atoms with Crippen LogP contribution in [-0.4, -0.2) is 44.7 Å². The van der Waals surface area contributed by atoms with E-state index in [9.17, 15) is 4.79 Å². The average Bonchev–Trinajstić information content (AvgIpc) is 1.82. The monoisotopic (exact) mass is 159 g/mol. The highest BCUT2D eigenvalue weighted by Crippen LogP contribution is 1.89. The van der Waals surface area contributed by atoms with Gasteiger partial charge in [0.15, 0.2) is 0 Å². The van der Waals surface area contributed by atoms with Gasteiger partial charge >= 0.3 is 5.97 Å². The highest BCUT2D eigenvalue weighted by molar-refractivity contribution is 5.81. The van der Waals surface area contributed by atoms with Crippen LogP contribution in [0, 0.1) is 0 Å². The van der Waals surface area contributed by atoms with Gasteiger partial charge in [-0.1, -0.05) is 6.58 Å². The summed E-state index contributed by atoms with van der Waals surface area (Å²) >= 11 is 0. The largest absolute Gasteiger partial charge is 0.457 e. The van der Waals surface area contributed by atoms with Crippen molar-refractivity contribution < 1.29 is 15.4 Å². The lowest BCUT2D eigenvalue weighted by molar-refractivity contribution is -0.870. The molecule has 0 saturated heterocycles. The summed E-state index contributed by atoms with van der Waals surface area (Å²) in [6, 6.07) is 0. The van der Waals surface area contributed by atoms with Crippen LogP contribution < -0.4 is 0 Å². The Hall–Kier alpha value is -0.830. The quantitative estimate of drug-likeness (QED) is 0.337. The van der Waals surface area contributed by atoms with E-state index in [0.717, 1.165) is 6.08 Å². The van der Waals surface area contributed by atoms with Gasteiger partial charge in [-0.3, -0.25) is 0 Å². The Kier molecular flexibility index (Phi) is 3.11. The number of likely N-dealkylation sites (N-methyl/N-ethyl adjacent to an activating group) is 1. The zero-order valence-corrected chi connectivity index (χ0v) is 7.33. The molecule has 0 N–H and O–H groups in total. The third-order valence-corrected chi connectivity index (χ3v) is 0.988. The molecule has 0 aromatic carbocycles. The fraction of sp³-hybridized carbons (Fsp3) is 0.625. The van der Waals surface area contributed by atoms with Crippen molar-refractivity contribution in [2.24, 2.45) is 0 Å². The molecular formula is C8H16NO2+. The molecule has 0 aliphatic rings. The minimum Gasteiger partial charge on any atom is -0.457 e. The SMILES string of the molecule is [2H]C(C[N+](C)(C)C)OC(=O)C=C. The van der Waals surface area contributed by atoms with Gasteiger partial charge in [-0.05, 0) is 0 Å². The molecule has 0 bridgehead atoms. The summed E-state index contributed by atoms with van der Waals surface area (Å²) < 4.78 is 12.6. The van der Waals surface area contributed by atoms with Gasteiger partial charge in [-0.15, -0.1) is 0 Å². The molecule has 0 aliphatic heterocycles. The van der Waals surface area contributed by atoms with Crippen LogP contribution in [0.15, 0.2) is 12.7 Å². The minimum atomic E-state index is -0.810. The fourth-order valence-corrected chi connectivity index (χ4v) is 0.391. The standard InChI is InChI=1S/C8H16NO2/c1-5-8(10)11-7-6-9(2,3)4/h5H,1,6-7H2,2-4H3/q+1/i7D. The smallest absolute Gasteiger partial charge is 0.330 e. The average molecular weight is 159 g/mol. The molecule has 0 aromatic heterocycles. The number of hydrogen-bond acceptors (Lipinski definition) is 2. The third-order valence-electron chi connectivity index (χ3n) is 0.988. The third kappa shape index (κ3) is 7.06. The first-order valence-electron chi connectivity index (χ1n) is 3.98. The zero-order valence-electron chi connectivity index (χ0n) is 8.33. The molecule has 0 aromatic rings. The molecule has 0 fully saturated rings. The molecule has 0 radical (unpaired) electrons. The summed E-state index contributed by atoms with van der Waals surface area (Å²) in [7, 11) is 5.80. The van der Waals surface area contributed by atoms with Gasteiger partial charge < -0.3 is 9.22 Å². The van der Waals surface area contributed by atoms with Gasteiger partial charge in [0.1, 0.15) is 13.1 Å². The first kappa shape index (κ1) is 8.27. The van der Waals surface area contributed by atoms with Crippen LogP contribution >= 0.6 is 0 Å². The minimum absolute atomic E-state index is 0.472. The van der Waals surface area contributed by atoms with E-state index in [1.165, 1.54) is 0 Å². The van der Waals surface area contributed by atoms with Crippen molar-refractivity contribution in [1.82, 2.24) is 0 Å². The lowest BCUT2D eigenvalue weighted by Gasteiger charge is -2.23. The van der Waals surface area contributed by atoms with Crippen molar-refractivity contribution in [1.29, 1.82) is 0 Å². The van der Waals surface area contributed by atoms with Crippen LogP contribution in [0.25, 0.3) is 0 Å². The van der Waals surface area contributed by atoms with Gasteiger partial charge in [0.25, 0.3) is 0 Å². The van der Waals surface area contributed by atoms with E-state index in [-0.39, 0.29) is 0 Å². The number of carbonyl (C=O) groups excluding carboxylic acids is 1. The van der Waals surface area contributed by atoms with Crippen molar-refractivity contribution in [3.8, 4) is 0 Å². The van der Waals surface area contributed by atoms with E-state index < -0.39 is 12.6 Å². The van der Waals surface area contributed by atoms with Crippen molar-refractivity contribution in [3.05, 3.63) is 12.7 Å². The predicted molar refractivity (Wildman–Crippen MR) is 44.1 cm³/mol. The predicted octanol–water partition coefficient (Wildman–Crippen LogP) is 0.422. The van der Waals surface area contributed by atoms with Gasteiger partial charge in [-0.2, -0.15) is 0 Å². The van der Waals surface area contributed by atoms with E-state index in [1.807, 2.05) is 21.1 Å². The summed E-state index contributed by atoms with van der Waals surface area (Å²) in [5.74, 6) is -0.538. The van der Waals surface area contributed by atoms with Crippen molar-refractivity contribution in [2.75, 3.05) is 34.3 Å². The van der Waals surface area contributed by atoms with Gasteiger partial charge in [-0.25, -0.2) is 4.79 Å². The molecule has 0 heterocycles. The normalized spacial score (nSPS) is 15.0. The summed E-state index contributed by atoms with van der Waals surface area (Å²) in [5.41, 5.74) is 0. The first-order valence-corrected chi connectivity index (χ1v) is 3.41. The Morgan fingerprint density at radius 2 is 2.27 bits per heavy atom. The van der Waals surface area contributed by atoms with Crippen molar-refractivity contribution in [2.45, 2.75) is 0 Å². The molecule has 0 rings (SSSR count). The van der Waals surface area contributed by atoms with Crippen LogP contribution in [0.3, 0.4) is 0 Å². The Labute approximate surface area is 69.3 Å². The summed E-state index contributed by atoms with van der Waals surface area (Å²) in [6.07, 6.45) is 1.07. The summed E-state index contributed by atoms with van der Waals surface area (Å²) in [6.45, 7) is 2.91. The first-order chi connectivity index (χ1) is 5.35. The van der Waals surface area contributed by atoms with Gasteiger partial charge in [0, 0.05) is 6.08 Å². The van der Waals surface area contributed by atoms with E-state index in [1.54, 1.807) is 0 Å². The summed E-state index contributed by atoms with van der Waals surface area (Å²) in [4.78, 5) is 10.6. The number of hydrogen-bond donors (Lipinski definition) is 0. The van der Waals surface area contributed by atoms with E-state index >= 15 is 0 Å². The van der Waals surface area contributed by atoms with E-state index in [4.69, 9.17) is 1.37 Å². The lowest BCUT2D eigenvalue weighted by atomic mass is 10.5. The number of nitrogens with zero attached hydrogens (tertiary/aromatic N) is 1. The van der Waals surface area contributed by atoms with E-state index in [0.29, 0.717) is 11.0 Å². The Bertz CT molecular complexity index is 174. The highest BCUT2D eigenvalue weighted by Gasteiger charge is 2.06. The lowest BCUT2D eigenvalue weighted by Crippen LogP contribution is -2.37. The highest BCUT2D eigenvalue weighted by atomic mass is 16.5. The zero-order chi connectivity index (χ0) is 9.78. The summed E-state index contributed by atoms with van der Waals surface area (Å²) in [5, 5.41) is 0. The number of esters is 1. The molecule has 3 heteroatoms. The molecule has 0 amide bonds. The Balaban J connectivity index is 3.82. The topological polar surface area (TPSA) is 26.3 Å². The molecule has 11 heavy (non-hydrogen) atoms. The number of quaternary nitrogens is 1. The Morgan fingerprint density at radius 3 is 2.64 bits per heavy atom. The fourth-order valence-electron chi connectivity index (χ4n) is 0.391. The maximum absolute atomic E-state index is 10.6. The molecule has 1 atom stereocenters. The number of ether oxygens (including phenoxy) is 1. The van der Waals surface area contributed by atoms with Crippen LogP contribution in [0.5, 0.6) is 0 Å². The van der Waals surface area contributed by atoms with Crippen molar-refractivity contribution in [3.63, 3.8) is 0 Å². The molecule has 1 unspecified atom stereocenters. The van der Waals surface area contributed by atoms with Crippen LogP contribution in [0.1, 0.15) is 1.37 Å². The van der Waals surface area contributed by atoms with Gasteiger partial charge in [0.05, 0.1) is 22.5 Å². The molecule has 0 aliphatic carbocycles. The maximum Gasteiger partial charge on any atom is 0.330 e. The van der Waals surface area contributed by atoms with Gasteiger partial charge in [0.2, 0.25) is 0 Å². The van der Waals surface area contributed by atoms with E-state index in [2.05, 4.69) is 11.3 Å². The van der Waals surface area contributed by atoms with Crippen molar-refractivity contribution >= 4 is 5.97 Å².